The van der Waals surface area contributed by atoms with Crippen molar-refractivity contribution in [3.05, 3.63) is 34.9 Å². The van der Waals surface area contributed by atoms with Crippen LogP contribution in [0.1, 0.15) is 55.3 Å². The number of nitrogens with zero attached hydrogens (tertiary/aromatic N) is 2. The number of aromatic nitrogens is 1. The second-order valence-electron chi connectivity index (χ2n) is 8.84. The van der Waals surface area contributed by atoms with Gasteiger partial charge in [-0.05, 0) is 55.9 Å². The van der Waals surface area contributed by atoms with Crippen LogP contribution >= 0.6 is 24.0 Å². The molecule has 1 atom stereocenters. The molecule has 0 unspecified atom stereocenters. The molecule has 0 radical (unpaired) electrons. The second kappa shape index (κ2) is 12.0. The van der Waals surface area contributed by atoms with Gasteiger partial charge in [0.15, 0.2) is 0 Å². The van der Waals surface area contributed by atoms with E-state index < -0.39 is 0 Å². The molecule has 8 heteroatoms. The number of hydrogen-bond acceptors (Lipinski definition) is 5. The van der Waals surface area contributed by atoms with E-state index >= 15 is 0 Å². The molecule has 1 amide bonds. The Morgan fingerprint density at radius 2 is 1.94 bits per heavy atom. The van der Waals surface area contributed by atoms with Gasteiger partial charge in [-0.2, -0.15) is 0 Å². The molecule has 6 nitrogen and oxygen atoms in total. The van der Waals surface area contributed by atoms with Gasteiger partial charge in [0.05, 0.1) is 22.7 Å². The lowest BCUT2D eigenvalue weighted by Gasteiger charge is -2.34. The van der Waals surface area contributed by atoms with Crippen LogP contribution in [-0.2, 0) is 0 Å². The lowest BCUT2D eigenvalue weighted by Crippen LogP contribution is -2.46. The first-order valence-electron chi connectivity index (χ1n) is 11.6. The van der Waals surface area contributed by atoms with Crippen LogP contribution in [-0.4, -0.2) is 54.8 Å². The van der Waals surface area contributed by atoms with E-state index in [0.29, 0.717) is 35.6 Å². The van der Waals surface area contributed by atoms with Crippen molar-refractivity contribution < 1.29 is 9.90 Å². The van der Waals surface area contributed by atoms with Gasteiger partial charge in [0, 0.05) is 37.6 Å². The number of fused-ring (bicyclic) bond motifs is 1. The van der Waals surface area contributed by atoms with Gasteiger partial charge >= 0.3 is 0 Å². The maximum absolute atomic E-state index is 13.0. The third-order valence-electron chi connectivity index (χ3n) is 6.60. The highest BCUT2D eigenvalue weighted by atomic mass is 35.5. The van der Waals surface area contributed by atoms with Gasteiger partial charge in [-0.1, -0.05) is 30.9 Å². The number of rotatable bonds is 7. The Morgan fingerprint density at radius 3 is 2.72 bits per heavy atom. The van der Waals surface area contributed by atoms with E-state index in [1.807, 2.05) is 18.2 Å². The number of benzene rings is 1. The van der Waals surface area contributed by atoms with Crippen LogP contribution in [0.4, 0.5) is 5.82 Å². The highest BCUT2D eigenvalue weighted by Crippen LogP contribution is 2.29. The Morgan fingerprint density at radius 1 is 1.12 bits per heavy atom. The highest BCUT2D eigenvalue weighted by molar-refractivity contribution is 6.35. The summed E-state index contributed by atoms with van der Waals surface area (Å²) in [5.74, 6) is 1.38. The van der Waals surface area contributed by atoms with Crippen molar-refractivity contribution in [2.24, 2.45) is 5.92 Å². The smallest absolute Gasteiger partial charge is 0.253 e. The first-order chi connectivity index (χ1) is 15.2. The normalized spacial score (nSPS) is 19.6. The van der Waals surface area contributed by atoms with Crippen LogP contribution in [0.25, 0.3) is 10.9 Å². The van der Waals surface area contributed by atoms with Crippen molar-refractivity contribution in [2.45, 2.75) is 51.0 Å². The molecule has 0 bridgehead atoms. The number of hydrogen-bond donors (Lipinski definition) is 3. The minimum absolute atomic E-state index is 0. The summed E-state index contributed by atoms with van der Waals surface area (Å²) in [5.41, 5.74) is 1.31. The number of pyridine rings is 1. The zero-order valence-corrected chi connectivity index (χ0v) is 20.1. The fourth-order valence-electron chi connectivity index (χ4n) is 4.91. The van der Waals surface area contributed by atoms with Gasteiger partial charge in [-0.15, -0.1) is 12.4 Å². The average molecular weight is 481 g/mol. The quantitative estimate of drug-likeness (QED) is 0.554. The molecule has 4 rings (SSSR count). The van der Waals surface area contributed by atoms with Crippen LogP contribution in [0.2, 0.25) is 5.02 Å². The monoisotopic (exact) mass is 480 g/mol. The van der Waals surface area contributed by atoms with Crippen LogP contribution in [0.15, 0.2) is 24.3 Å². The van der Waals surface area contributed by atoms with Crippen LogP contribution in [0, 0.1) is 5.92 Å². The number of aliphatic hydroxyl groups excluding tert-OH is 1. The molecule has 32 heavy (non-hydrogen) atoms. The van der Waals surface area contributed by atoms with Gasteiger partial charge in [0.25, 0.3) is 5.91 Å². The summed E-state index contributed by atoms with van der Waals surface area (Å²) in [7, 11) is 0. The molecule has 0 spiro atoms. The summed E-state index contributed by atoms with van der Waals surface area (Å²) in [6.07, 6.45) is 8.40. The van der Waals surface area contributed by atoms with Crippen molar-refractivity contribution >= 4 is 46.6 Å². The first-order valence-corrected chi connectivity index (χ1v) is 12.0. The summed E-state index contributed by atoms with van der Waals surface area (Å²) in [6, 6.07) is 7.99. The Balaban J connectivity index is 0.00000289. The van der Waals surface area contributed by atoms with Crippen molar-refractivity contribution in [1.82, 2.24) is 15.6 Å². The number of carbonyl (C=O) groups is 1. The Labute approximate surface area is 201 Å². The lowest BCUT2D eigenvalue weighted by atomic mass is 9.89. The molecule has 1 saturated carbocycles. The molecular formula is C24H34Cl2N4O2. The lowest BCUT2D eigenvalue weighted by molar-refractivity contribution is 0.0945. The summed E-state index contributed by atoms with van der Waals surface area (Å²) in [5, 5.41) is 16.8. The number of carbonyl (C=O) groups excluding carboxylic acids is 1. The molecule has 3 N–H and O–H groups in total. The number of anilines is 1. The molecule has 1 aliphatic heterocycles. The largest absolute Gasteiger partial charge is 0.395 e. The maximum atomic E-state index is 13.0. The fourth-order valence-corrected chi connectivity index (χ4v) is 5.16. The zero-order valence-electron chi connectivity index (χ0n) is 18.5. The number of piperidine rings is 1. The van der Waals surface area contributed by atoms with E-state index in [1.54, 1.807) is 6.07 Å². The molecule has 2 fully saturated rings. The van der Waals surface area contributed by atoms with Crippen molar-refractivity contribution in [2.75, 3.05) is 37.7 Å². The zero-order chi connectivity index (χ0) is 21.6. The van der Waals surface area contributed by atoms with E-state index in [-0.39, 0.29) is 24.9 Å². The second-order valence-corrected chi connectivity index (χ2v) is 9.24. The van der Waals surface area contributed by atoms with Crippen molar-refractivity contribution in [3.63, 3.8) is 0 Å². The molecule has 2 aromatic rings. The maximum Gasteiger partial charge on any atom is 0.253 e. The van der Waals surface area contributed by atoms with Crippen LogP contribution in [0.5, 0.6) is 0 Å². The molecule has 2 heterocycles. The number of amides is 1. The summed E-state index contributed by atoms with van der Waals surface area (Å²) in [4.78, 5) is 20.1. The van der Waals surface area contributed by atoms with Gasteiger partial charge in [-0.25, -0.2) is 4.98 Å². The predicted octanol–water partition coefficient (Wildman–Crippen LogP) is 4.17. The van der Waals surface area contributed by atoms with E-state index in [0.717, 1.165) is 42.7 Å². The number of aliphatic hydroxyl groups is 1. The van der Waals surface area contributed by atoms with Crippen LogP contribution in [0.3, 0.4) is 0 Å². The third-order valence-corrected chi connectivity index (χ3v) is 6.91. The minimum Gasteiger partial charge on any atom is -0.395 e. The average Bonchev–Trinajstić information content (AvgIpc) is 2.81. The molecule has 176 valence electrons. The minimum atomic E-state index is -0.109. The molecule has 1 aromatic heterocycles. The Hall–Kier alpha value is -1.60. The Bertz CT molecular complexity index is 905. The SMILES string of the molecule is Cl.O=C(NCC1CCCCC1)c1c(Cl)ccc2nc(N3CCC[C@H](NCCO)C3)ccc12. The van der Waals surface area contributed by atoms with Gasteiger partial charge < -0.3 is 20.6 Å². The van der Waals surface area contributed by atoms with Crippen molar-refractivity contribution in [3.8, 4) is 0 Å². The number of nitrogens with one attached hydrogen (secondary N) is 2. The first kappa shape index (κ1) is 25.0. The van der Waals surface area contributed by atoms with Crippen LogP contribution < -0.4 is 15.5 Å². The predicted molar refractivity (Wildman–Crippen MR) is 133 cm³/mol. The fraction of sp³-hybridized carbons (Fsp3) is 0.583. The molecule has 1 aliphatic carbocycles. The van der Waals surface area contributed by atoms with E-state index in [1.165, 1.54) is 32.1 Å². The molecule has 2 aliphatic rings. The molecular weight excluding hydrogens is 447 g/mol. The Kier molecular flexibility index (Phi) is 9.41. The van der Waals surface area contributed by atoms with Gasteiger partial charge in [0.2, 0.25) is 0 Å². The third kappa shape index (κ3) is 6.04. The summed E-state index contributed by atoms with van der Waals surface area (Å²) >= 11 is 6.45. The molecule has 1 aromatic carbocycles. The van der Waals surface area contributed by atoms with E-state index in [9.17, 15) is 4.79 Å². The standard InChI is InChI=1S/C24H33ClN4O2.ClH/c25-20-9-10-21-19(23(20)24(31)27-15-17-5-2-1-3-6-17)8-11-22(28-21)29-13-4-7-18(16-29)26-12-14-30;/h8-11,17-18,26,30H,1-7,12-16H2,(H,27,31);1H/t18-;/m0./s1. The van der Waals surface area contributed by atoms with Crippen molar-refractivity contribution in [1.29, 1.82) is 0 Å². The van der Waals surface area contributed by atoms with Gasteiger partial charge in [0.1, 0.15) is 5.82 Å². The topological polar surface area (TPSA) is 77.5 Å². The van der Waals surface area contributed by atoms with E-state index in [2.05, 4.69) is 15.5 Å². The van der Waals surface area contributed by atoms with Gasteiger partial charge in [-0.3, -0.25) is 4.79 Å². The highest BCUT2D eigenvalue weighted by Gasteiger charge is 2.22. The summed E-state index contributed by atoms with van der Waals surface area (Å²) in [6.45, 7) is 3.30. The molecule has 1 saturated heterocycles. The van der Waals surface area contributed by atoms with E-state index in [4.69, 9.17) is 21.7 Å². The summed E-state index contributed by atoms with van der Waals surface area (Å²) < 4.78 is 0. The number of halogens is 2.